The Bertz CT molecular complexity index is 1430. The number of benzene rings is 1. The number of hydrogen-bond acceptors (Lipinski definition) is 9. The molecule has 0 radical (unpaired) electrons. The average molecular weight is 582 g/mol. The Morgan fingerprint density at radius 2 is 1.85 bits per heavy atom. The van der Waals surface area contributed by atoms with Gasteiger partial charge in [-0.3, -0.25) is 24.3 Å². The maximum atomic E-state index is 12.9. The van der Waals surface area contributed by atoms with E-state index >= 15 is 0 Å². The molecule has 2 aliphatic heterocycles. The number of thiazole rings is 1. The molecule has 10 nitrogen and oxygen atoms in total. The van der Waals surface area contributed by atoms with E-state index in [-0.39, 0.29) is 30.4 Å². The molecule has 0 aliphatic carbocycles. The second-order valence-electron chi connectivity index (χ2n) is 8.68. The van der Waals surface area contributed by atoms with Crippen molar-refractivity contribution in [3.05, 3.63) is 87.7 Å². The minimum absolute atomic E-state index is 0.0839. The van der Waals surface area contributed by atoms with Crippen molar-refractivity contribution in [2.45, 2.75) is 35.1 Å². The molecule has 0 unspecified atom stereocenters. The van der Waals surface area contributed by atoms with E-state index in [0.29, 0.717) is 27.2 Å². The maximum absolute atomic E-state index is 12.9. The molecule has 4 heterocycles. The summed E-state index contributed by atoms with van der Waals surface area (Å²) in [6, 6.07) is 13.9. The third kappa shape index (κ3) is 6.32. The molecule has 3 amide bonds. The van der Waals surface area contributed by atoms with Gasteiger partial charge in [-0.2, -0.15) is 0 Å². The molecule has 3 N–H and O–H groups in total. The summed E-state index contributed by atoms with van der Waals surface area (Å²) in [5.74, 6) is -1.80. The van der Waals surface area contributed by atoms with Gasteiger partial charge < -0.3 is 15.7 Å². The monoisotopic (exact) mass is 581 g/mol. The van der Waals surface area contributed by atoms with Crippen LogP contribution in [0.15, 0.2) is 75.0 Å². The van der Waals surface area contributed by atoms with E-state index in [9.17, 15) is 24.3 Å². The van der Waals surface area contributed by atoms with Crippen LogP contribution in [0.4, 0.5) is 0 Å². The number of carboxylic acid groups (broad SMARTS) is 1. The second kappa shape index (κ2) is 12.0. The highest BCUT2D eigenvalue weighted by molar-refractivity contribution is 8.07. The molecular weight excluding hydrogens is 559 g/mol. The number of hydrogen-bond donors (Lipinski definition) is 3. The van der Waals surface area contributed by atoms with Gasteiger partial charge in [0.05, 0.1) is 30.8 Å². The van der Waals surface area contributed by atoms with Crippen LogP contribution in [0.3, 0.4) is 0 Å². The summed E-state index contributed by atoms with van der Waals surface area (Å²) in [6.45, 7) is 0.316. The number of nitrogens with one attached hydrogen (secondary N) is 2. The normalized spacial score (nSPS) is 18.3. The summed E-state index contributed by atoms with van der Waals surface area (Å²) < 4.78 is 0.580. The molecule has 13 heteroatoms. The van der Waals surface area contributed by atoms with Crippen molar-refractivity contribution in [2.24, 2.45) is 0 Å². The Hall–Kier alpha value is -3.68. The minimum Gasteiger partial charge on any atom is -0.477 e. The zero-order valence-electron chi connectivity index (χ0n) is 20.4. The zero-order chi connectivity index (χ0) is 27.4. The van der Waals surface area contributed by atoms with E-state index in [0.717, 1.165) is 11.3 Å². The van der Waals surface area contributed by atoms with Crippen LogP contribution in [-0.4, -0.2) is 60.8 Å². The summed E-state index contributed by atoms with van der Waals surface area (Å²) in [4.78, 5) is 60.3. The lowest BCUT2D eigenvalue weighted by Gasteiger charge is -2.49. The number of pyridine rings is 1. The van der Waals surface area contributed by atoms with E-state index in [1.54, 1.807) is 17.6 Å². The third-order valence-electron chi connectivity index (χ3n) is 5.94. The highest BCUT2D eigenvalue weighted by atomic mass is 32.2. The molecule has 0 bridgehead atoms. The number of thioether (sulfide) groups is 2. The standard InChI is InChI=1S/C26H23N5O5S3/c32-19(28-12-16-8-4-5-9-27-16)11-17-13-38-26(29-17)39-18-14-37-24-21(23(34)31(24)22(18)25(35)36)30-20(33)10-15-6-2-1-3-7-15/h1-9,13,21,24H,10-12,14H2,(H,28,32)(H,30,33)(H,35,36)/t21-,24-/m1/s1. The lowest BCUT2D eigenvalue weighted by Crippen LogP contribution is -2.70. The number of carbonyl (C=O) groups is 4. The topological polar surface area (TPSA) is 142 Å². The van der Waals surface area contributed by atoms with Crippen molar-refractivity contribution < 1.29 is 24.3 Å². The number of fused-ring (bicyclic) bond motifs is 1. The van der Waals surface area contributed by atoms with Crippen molar-refractivity contribution in [3.63, 3.8) is 0 Å². The Labute approximate surface area is 236 Å². The van der Waals surface area contributed by atoms with Crippen LogP contribution >= 0.6 is 34.9 Å². The molecule has 200 valence electrons. The fourth-order valence-corrected chi connectivity index (χ4v) is 7.59. The average Bonchev–Trinajstić information content (AvgIpc) is 3.37. The molecular formula is C26H23N5O5S3. The predicted octanol–water partition coefficient (Wildman–Crippen LogP) is 2.43. The van der Waals surface area contributed by atoms with Crippen LogP contribution < -0.4 is 10.6 Å². The highest BCUT2D eigenvalue weighted by Crippen LogP contribution is 2.45. The van der Waals surface area contributed by atoms with Crippen LogP contribution in [0.25, 0.3) is 0 Å². The Morgan fingerprint density at radius 3 is 2.59 bits per heavy atom. The van der Waals surface area contributed by atoms with Crippen molar-refractivity contribution in [1.82, 2.24) is 25.5 Å². The first-order valence-corrected chi connectivity index (χ1v) is 14.7. The van der Waals surface area contributed by atoms with Crippen LogP contribution in [0, 0.1) is 0 Å². The molecule has 5 rings (SSSR count). The number of β-lactam (4-membered cyclic amide) rings is 1. The molecule has 39 heavy (non-hydrogen) atoms. The van der Waals surface area contributed by atoms with Gasteiger partial charge in [0, 0.05) is 22.2 Å². The Balaban J connectivity index is 1.19. The van der Waals surface area contributed by atoms with Crippen LogP contribution in [0.1, 0.15) is 17.0 Å². The van der Waals surface area contributed by atoms with Crippen molar-refractivity contribution in [2.75, 3.05) is 5.75 Å². The van der Waals surface area contributed by atoms with Crippen molar-refractivity contribution >= 4 is 58.6 Å². The lowest BCUT2D eigenvalue weighted by atomic mass is 10.0. The first-order chi connectivity index (χ1) is 18.9. The fraction of sp³-hybridized carbons (Fsp3) is 0.231. The molecule has 0 spiro atoms. The van der Waals surface area contributed by atoms with E-state index in [1.807, 2.05) is 42.5 Å². The molecule has 1 aromatic carbocycles. The van der Waals surface area contributed by atoms with E-state index in [2.05, 4.69) is 20.6 Å². The van der Waals surface area contributed by atoms with E-state index < -0.39 is 23.3 Å². The fourth-order valence-electron chi connectivity index (χ4n) is 4.12. The summed E-state index contributed by atoms with van der Waals surface area (Å²) in [6.07, 6.45) is 1.88. The quantitative estimate of drug-likeness (QED) is 0.308. The van der Waals surface area contributed by atoms with Crippen molar-refractivity contribution in [3.8, 4) is 0 Å². The summed E-state index contributed by atoms with van der Waals surface area (Å²) in [7, 11) is 0. The van der Waals surface area contributed by atoms with E-state index in [1.165, 1.54) is 39.8 Å². The smallest absolute Gasteiger partial charge is 0.353 e. The summed E-state index contributed by atoms with van der Waals surface area (Å²) in [5.41, 5.74) is 2.06. The molecule has 3 aromatic rings. The van der Waals surface area contributed by atoms with Gasteiger partial charge in [-0.05, 0) is 17.7 Å². The molecule has 1 saturated heterocycles. The van der Waals surface area contributed by atoms with Crippen molar-refractivity contribution in [1.29, 1.82) is 0 Å². The number of nitrogens with zero attached hydrogens (tertiary/aromatic N) is 3. The van der Waals surface area contributed by atoms with Gasteiger partial charge in [0.1, 0.15) is 17.1 Å². The van der Waals surface area contributed by atoms with Gasteiger partial charge in [-0.25, -0.2) is 9.78 Å². The van der Waals surface area contributed by atoms with Gasteiger partial charge in [0.15, 0.2) is 4.34 Å². The number of rotatable bonds is 10. The minimum atomic E-state index is -1.21. The van der Waals surface area contributed by atoms with Gasteiger partial charge in [0.25, 0.3) is 5.91 Å². The molecule has 2 atom stereocenters. The number of aromatic nitrogens is 2. The molecule has 1 fully saturated rings. The summed E-state index contributed by atoms with van der Waals surface area (Å²) >= 11 is 3.89. The molecule has 2 aromatic heterocycles. The first-order valence-electron chi connectivity index (χ1n) is 11.9. The van der Waals surface area contributed by atoms with Gasteiger partial charge in [-0.15, -0.1) is 23.1 Å². The number of amides is 3. The highest BCUT2D eigenvalue weighted by Gasteiger charge is 2.54. The zero-order valence-corrected chi connectivity index (χ0v) is 22.9. The first kappa shape index (κ1) is 26.9. The molecule has 2 aliphatic rings. The van der Waals surface area contributed by atoms with Gasteiger partial charge in [0.2, 0.25) is 11.8 Å². The molecule has 0 saturated carbocycles. The number of carboxylic acids is 1. The number of aliphatic carboxylic acids is 1. The Kier molecular flexibility index (Phi) is 8.29. The van der Waals surface area contributed by atoms with Crippen LogP contribution in [0.2, 0.25) is 0 Å². The summed E-state index contributed by atoms with van der Waals surface area (Å²) in [5, 5.41) is 16.8. The Morgan fingerprint density at radius 1 is 1.05 bits per heavy atom. The lowest BCUT2D eigenvalue weighted by molar-refractivity contribution is -0.150. The second-order valence-corrected chi connectivity index (χ2v) is 12.0. The van der Waals surface area contributed by atoms with Gasteiger partial charge in [-0.1, -0.05) is 48.2 Å². The van der Waals surface area contributed by atoms with E-state index in [4.69, 9.17) is 0 Å². The van der Waals surface area contributed by atoms with Crippen LogP contribution in [-0.2, 0) is 38.6 Å². The largest absolute Gasteiger partial charge is 0.477 e. The van der Waals surface area contributed by atoms with Gasteiger partial charge >= 0.3 is 5.97 Å². The number of carbonyl (C=O) groups excluding carboxylic acids is 3. The third-order valence-corrected chi connectivity index (χ3v) is 9.47. The van der Waals surface area contributed by atoms with Crippen LogP contribution in [0.5, 0.6) is 0 Å². The predicted molar refractivity (Wildman–Crippen MR) is 148 cm³/mol. The maximum Gasteiger partial charge on any atom is 0.353 e. The SMILES string of the molecule is O=C(Cc1csc(SC2=C(C(=O)O)N3C(=O)[C@@H](NC(=O)Cc4ccccc4)[C@H]3SC2)n1)NCc1ccccn1.